The molecule has 1 amide bonds. The van der Waals surface area contributed by atoms with Crippen LogP contribution in [0.3, 0.4) is 0 Å². The number of nitrogens with zero attached hydrogens (tertiary/aromatic N) is 4. The molecule has 1 N–H and O–H groups in total. The monoisotopic (exact) mass is 433 g/mol. The molecule has 1 aromatic heterocycles. The molecular weight excluding hydrogens is 406 g/mol. The zero-order valence-electron chi connectivity index (χ0n) is 17.0. The maximum atomic E-state index is 12.0. The minimum Gasteiger partial charge on any atom is -0.354 e. The molecule has 1 aliphatic heterocycles. The van der Waals surface area contributed by atoms with Crippen LogP contribution in [0.4, 0.5) is 5.82 Å². The summed E-state index contributed by atoms with van der Waals surface area (Å²) in [4.78, 5) is 25.8. The summed E-state index contributed by atoms with van der Waals surface area (Å²) in [7, 11) is 0. The number of anilines is 1. The Balaban J connectivity index is 1.59. The zero-order valence-corrected chi connectivity index (χ0v) is 18.6. The summed E-state index contributed by atoms with van der Waals surface area (Å²) >= 11 is 7.81. The SMILES string of the molecule is CCCNC(=O)c1ccc(CSc2nc(Cl)cc(N3CCN(CC)CC3)n2)cc1. The Morgan fingerprint density at radius 2 is 1.86 bits per heavy atom. The van der Waals surface area contributed by atoms with Crippen LogP contribution in [0, 0.1) is 0 Å². The van der Waals surface area contributed by atoms with Crippen LogP contribution in [0.15, 0.2) is 35.5 Å². The number of benzene rings is 1. The first-order valence-electron chi connectivity index (χ1n) is 10.1. The van der Waals surface area contributed by atoms with E-state index >= 15 is 0 Å². The van der Waals surface area contributed by atoms with Gasteiger partial charge in [0.2, 0.25) is 0 Å². The van der Waals surface area contributed by atoms with Crippen molar-refractivity contribution in [3.63, 3.8) is 0 Å². The van der Waals surface area contributed by atoms with Crippen LogP contribution in [0.1, 0.15) is 36.2 Å². The van der Waals surface area contributed by atoms with Gasteiger partial charge in [-0.05, 0) is 30.7 Å². The van der Waals surface area contributed by atoms with Gasteiger partial charge < -0.3 is 15.1 Å². The number of thioether (sulfide) groups is 1. The number of likely N-dealkylation sites (N-methyl/N-ethyl adjacent to an activating group) is 1. The lowest BCUT2D eigenvalue weighted by Gasteiger charge is -2.34. The van der Waals surface area contributed by atoms with E-state index in [9.17, 15) is 4.79 Å². The van der Waals surface area contributed by atoms with Crippen molar-refractivity contribution >= 4 is 35.1 Å². The number of amides is 1. The van der Waals surface area contributed by atoms with E-state index in [0.29, 0.717) is 22.4 Å². The van der Waals surface area contributed by atoms with Crippen LogP contribution in [-0.2, 0) is 5.75 Å². The van der Waals surface area contributed by atoms with Crippen LogP contribution in [-0.4, -0.2) is 60.0 Å². The molecule has 1 saturated heterocycles. The molecule has 0 bridgehead atoms. The van der Waals surface area contributed by atoms with Gasteiger partial charge in [0.1, 0.15) is 11.0 Å². The molecule has 1 fully saturated rings. The predicted octanol–water partition coefficient (Wildman–Crippen LogP) is 3.70. The topological polar surface area (TPSA) is 61.4 Å². The number of carbonyl (C=O) groups is 1. The fourth-order valence-corrected chi connectivity index (χ4v) is 4.18. The van der Waals surface area contributed by atoms with Gasteiger partial charge in [-0.3, -0.25) is 4.79 Å². The molecule has 8 heteroatoms. The summed E-state index contributed by atoms with van der Waals surface area (Å²) in [6.07, 6.45) is 0.927. The predicted molar refractivity (Wildman–Crippen MR) is 120 cm³/mol. The molecule has 0 aliphatic carbocycles. The van der Waals surface area contributed by atoms with E-state index in [-0.39, 0.29) is 5.91 Å². The first kappa shape index (κ1) is 21.9. The van der Waals surface area contributed by atoms with Crippen LogP contribution in [0.2, 0.25) is 5.15 Å². The molecule has 0 atom stereocenters. The van der Waals surface area contributed by atoms with E-state index in [0.717, 1.165) is 56.3 Å². The summed E-state index contributed by atoms with van der Waals surface area (Å²) in [5, 5.41) is 4.04. The number of aromatic nitrogens is 2. The Morgan fingerprint density at radius 1 is 1.14 bits per heavy atom. The number of rotatable bonds is 8. The summed E-state index contributed by atoms with van der Waals surface area (Å²) in [6.45, 7) is 9.99. The third kappa shape index (κ3) is 6.32. The van der Waals surface area contributed by atoms with Crippen LogP contribution in [0.5, 0.6) is 0 Å². The largest absolute Gasteiger partial charge is 0.354 e. The summed E-state index contributed by atoms with van der Waals surface area (Å²) in [5.41, 5.74) is 1.79. The number of hydrogen-bond donors (Lipinski definition) is 1. The second-order valence-electron chi connectivity index (χ2n) is 6.99. The van der Waals surface area contributed by atoms with E-state index in [2.05, 4.69) is 27.0 Å². The molecule has 0 unspecified atom stereocenters. The Kier molecular flexibility index (Phi) is 8.15. The summed E-state index contributed by atoms with van der Waals surface area (Å²) in [6, 6.07) is 9.51. The molecular formula is C21H28ClN5OS. The van der Waals surface area contributed by atoms with E-state index in [1.165, 1.54) is 0 Å². The average Bonchev–Trinajstić information content (AvgIpc) is 2.76. The minimum absolute atomic E-state index is 0.0305. The van der Waals surface area contributed by atoms with Crippen LogP contribution >= 0.6 is 23.4 Å². The highest BCUT2D eigenvalue weighted by Gasteiger charge is 2.18. The summed E-state index contributed by atoms with van der Waals surface area (Å²) < 4.78 is 0. The first-order chi connectivity index (χ1) is 14.1. The highest BCUT2D eigenvalue weighted by Crippen LogP contribution is 2.25. The highest BCUT2D eigenvalue weighted by atomic mass is 35.5. The molecule has 29 heavy (non-hydrogen) atoms. The van der Waals surface area contributed by atoms with Gasteiger partial charge in [-0.25, -0.2) is 9.97 Å². The van der Waals surface area contributed by atoms with Crippen molar-refractivity contribution in [2.75, 3.05) is 44.2 Å². The lowest BCUT2D eigenvalue weighted by atomic mass is 10.1. The van der Waals surface area contributed by atoms with Gasteiger partial charge in [0.25, 0.3) is 5.91 Å². The van der Waals surface area contributed by atoms with Crippen molar-refractivity contribution in [2.24, 2.45) is 0 Å². The number of piperazine rings is 1. The standard InChI is InChI=1S/C21H28ClN5OS/c1-3-9-23-20(28)17-7-5-16(6-8-17)15-29-21-24-18(22)14-19(25-21)27-12-10-26(4-2)11-13-27/h5-8,14H,3-4,9-13,15H2,1-2H3,(H,23,28). The molecule has 0 radical (unpaired) electrons. The first-order valence-corrected chi connectivity index (χ1v) is 11.5. The maximum Gasteiger partial charge on any atom is 0.251 e. The fourth-order valence-electron chi connectivity index (χ4n) is 3.15. The molecule has 0 spiro atoms. The lowest BCUT2D eigenvalue weighted by Crippen LogP contribution is -2.46. The number of carbonyl (C=O) groups excluding carboxylic acids is 1. The second kappa shape index (κ2) is 10.8. The van der Waals surface area contributed by atoms with E-state index in [1.807, 2.05) is 37.3 Å². The molecule has 0 saturated carbocycles. The summed E-state index contributed by atoms with van der Waals surface area (Å²) in [5.74, 6) is 1.59. The Hall–Kier alpha value is -1.83. The van der Waals surface area contributed by atoms with Gasteiger partial charge in [0.15, 0.2) is 5.16 Å². The smallest absolute Gasteiger partial charge is 0.251 e. The molecule has 2 heterocycles. The number of hydrogen-bond acceptors (Lipinski definition) is 6. The number of halogens is 1. The van der Waals surface area contributed by atoms with Crippen LogP contribution in [0.25, 0.3) is 0 Å². The van der Waals surface area contributed by atoms with Crippen molar-refractivity contribution in [1.29, 1.82) is 0 Å². The van der Waals surface area contributed by atoms with Crippen molar-refractivity contribution in [2.45, 2.75) is 31.2 Å². The number of nitrogens with one attached hydrogen (secondary N) is 1. The Bertz CT molecular complexity index is 809. The molecule has 3 rings (SSSR count). The van der Waals surface area contributed by atoms with Gasteiger partial charge in [-0.1, -0.05) is 49.3 Å². The van der Waals surface area contributed by atoms with Crippen LogP contribution < -0.4 is 10.2 Å². The average molecular weight is 434 g/mol. The van der Waals surface area contributed by atoms with Crippen molar-refractivity contribution in [1.82, 2.24) is 20.2 Å². The van der Waals surface area contributed by atoms with Crippen molar-refractivity contribution < 1.29 is 4.79 Å². The van der Waals surface area contributed by atoms with Crippen molar-refractivity contribution in [3.05, 3.63) is 46.6 Å². The van der Waals surface area contributed by atoms with Gasteiger partial charge in [-0.15, -0.1) is 0 Å². The van der Waals surface area contributed by atoms with Gasteiger partial charge >= 0.3 is 0 Å². The van der Waals surface area contributed by atoms with E-state index in [4.69, 9.17) is 16.6 Å². The highest BCUT2D eigenvalue weighted by molar-refractivity contribution is 7.98. The molecule has 156 valence electrons. The third-order valence-electron chi connectivity index (χ3n) is 4.92. The Labute approximate surface area is 182 Å². The van der Waals surface area contributed by atoms with E-state index in [1.54, 1.807) is 11.8 Å². The molecule has 2 aromatic rings. The third-order valence-corrected chi connectivity index (χ3v) is 6.04. The van der Waals surface area contributed by atoms with E-state index < -0.39 is 0 Å². The molecule has 6 nitrogen and oxygen atoms in total. The zero-order chi connectivity index (χ0) is 20.6. The molecule has 1 aliphatic rings. The quantitative estimate of drug-likeness (QED) is 0.389. The maximum absolute atomic E-state index is 12.0. The normalized spacial score (nSPS) is 14.8. The fraction of sp³-hybridized carbons (Fsp3) is 0.476. The lowest BCUT2D eigenvalue weighted by molar-refractivity contribution is 0.0953. The Morgan fingerprint density at radius 3 is 2.52 bits per heavy atom. The van der Waals surface area contributed by atoms with Crippen molar-refractivity contribution in [3.8, 4) is 0 Å². The van der Waals surface area contributed by atoms with Gasteiger partial charge in [-0.2, -0.15) is 0 Å². The second-order valence-corrected chi connectivity index (χ2v) is 8.32. The van der Waals surface area contributed by atoms with Gasteiger partial charge in [0.05, 0.1) is 0 Å². The molecule has 1 aromatic carbocycles. The van der Waals surface area contributed by atoms with Gasteiger partial charge in [0, 0.05) is 50.1 Å². The minimum atomic E-state index is -0.0305.